The standard InChI is InChI=1S/C12H15N3O2S/c1-13-12(10-7-14-15-18-10)11-8(16-2)5-4-6-9(11)17-3/h4-7,12-13H,1-3H3. The number of hydrogen-bond donors (Lipinski definition) is 1. The zero-order valence-electron chi connectivity index (χ0n) is 10.5. The fourth-order valence-corrected chi connectivity index (χ4v) is 2.52. The first-order valence-electron chi connectivity index (χ1n) is 5.47. The van der Waals surface area contributed by atoms with Gasteiger partial charge in [-0.2, -0.15) is 0 Å². The van der Waals surface area contributed by atoms with Crippen LogP contribution in [0, 0.1) is 0 Å². The molecule has 0 aliphatic rings. The van der Waals surface area contributed by atoms with Crippen LogP contribution >= 0.6 is 11.5 Å². The molecular weight excluding hydrogens is 250 g/mol. The summed E-state index contributed by atoms with van der Waals surface area (Å²) in [6.45, 7) is 0. The van der Waals surface area contributed by atoms with E-state index in [2.05, 4.69) is 14.9 Å². The molecule has 0 amide bonds. The van der Waals surface area contributed by atoms with Crippen molar-refractivity contribution in [3.05, 3.63) is 34.8 Å². The van der Waals surface area contributed by atoms with E-state index in [9.17, 15) is 0 Å². The molecule has 0 radical (unpaired) electrons. The van der Waals surface area contributed by atoms with Gasteiger partial charge in [-0.3, -0.25) is 0 Å². The minimum Gasteiger partial charge on any atom is -0.496 e. The van der Waals surface area contributed by atoms with E-state index in [1.54, 1.807) is 20.4 Å². The van der Waals surface area contributed by atoms with Crippen LogP contribution in [0.5, 0.6) is 11.5 Å². The highest BCUT2D eigenvalue weighted by Gasteiger charge is 2.22. The number of aromatic nitrogens is 2. The van der Waals surface area contributed by atoms with Crippen molar-refractivity contribution in [1.82, 2.24) is 14.9 Å². The first-order chi connectivity index (χ1) is 8.81. The smallest absolute Gasteiger partial charge is 0.127 e. The van der Waals surface area contributed by atoms with Crippen LogP contribution < -0.4 is 14.8 Å². The second-order valence-corrected chi connectivity index (χ2v) is 4.44. The monoisotopic (exact) mass is 265 g/mol. The summed E-state index contributed by atoms with van der Waals surface area (Å²) in [7, 11) is 5.18. The molecule has 96 valence electrons. The molecule has 18 heavy (non-hydrogen) atoms. The van der Waals surface area contributed by atoms with Crippen molar-refractivity contribution >= 4 is 11.5 Å². The molecule has 1 unspecified atom stereocenters. The Bertz CT molecular complexity index is 480. The number of nitrogens with zero attached hydrogens (tertiary/aromatic N) is 2. The van der Waals surface area contributed by atoms with E-state index in [0.29, 0.717) is 0 Å². The van der Waals surface area contributed by atoms with Gasteiger partial charge in [0.2, 0.25) is 0 Å². The van der Waals surface area contributed by atoms with Crippen molar-refractivity contribution in [2.75, 3.05) is 21.3 Å². The SMILES string of the molecule is CNC(c1cnns1)c1c(OC)cccc1OC. The van der Waals surface area contributed by atoms with E-state index in [1.165, 1.54) is 11.5 Å². The van der Waals surface area contributed by atoms with Gasteiger partial charge in [0.1, 0.15) is 11.5 Å². The fourth-order valence-electron chi connectivity index (χ4n) is 1.90. The van der Waals surface area contributed by atoms with Crippen LogP contribution in [0.15, 0.2) is 24.4 Å². The molecule has 0 saturated carbocycles. The van der Waals surface area contributed by atoms with Gasteiger partial charge in [0, 0.05) is 0 Å². The summed E-state index contributed by atoms with van der Waals surface area (Å²) in [5, 5.41) is 7.12. The van der Waals surface area contributed by atoms with Crippen LogP contribution in [-0.2, 0) is 0 Å². The second-order valence-electron chi connectivity index (χ2n) is 3.62. The van der Waals surface area contributed by atoms with Gasteiger partial charge in [-0.25, -0.2) is 0 Å². The van der Waals surface area contributed by atoms with E-state index in [1.807, 2.05) is 25.2 Å². The average Bonchev–Trinajstić information content (AvgIpc) is 2.93. The summed E-state index contributed by atoms with van der Waals surface area (Å²) in [6, 6.07) is 5.68. The number of nitrogens with one attached hydrogen (secondary N) is 1. The lowest BCUT2D eigenvalue weighted by Gasteiger charge is -2.20. The van der Waals surface area contributed by atoms with Crippen molar-refractivity contribution in [3.63, 3.8) is 0 Å². The third-order valence-corrected chi connectivity index (χ3v) is 3.43. The van der Waals surface area contributed by atoms with Crippen molar-refractivity contribution in [2.45, 2.75) is 6.04 Å². The quantitative estimate of drug-likeness (QED) is 0.894. The topological polar surface area (TPSA) is 56.3 Å². The van der Waals surface area contributed by atoms with E-state index in [0.717, 1.165) is 21.9 Å². The van der Waals surface area contributed by atoms with Crippen LogP contribution in [0.1, 0.15) is 16.5 Å². The van der Waals surface area contributed by atoms with E-state index < -0.39 is 0 Å². The zero-order valence-corrected chi connectivity index (χ0v) is 11.3. The molecule has 5 nitrogen and oxygen atoms in total. The van der Waals surface area contributed by atoms with Crippen molar-refractivity contribution in [2.24, 2.45) is 0 Å². The Morgan fingerprint density at radius 1 is 1.22 bits per heavy atom. The lowest BCUT2D eigenvalue weighted by atomic mass is 10.0. The highest BCUT2D eigenvalue weighted by molar-refractivity contribution is 7.05. The van der Waals surface area contributed by atoms with E-state index in [4.69, 9.17) is 9.47 Å². The summed E-state index contributed by atoms with van der Waals surface area (Å²) in [5.74, 6) is 1.56. The van der Waals surface area contributed by atoms with Crippen LogP contribution in [-0.4, -0.2) is 30.9 Å². The second kappa shape index (κ2) is 5.79. The van der Waals surface area contributed by atoms with Gasteiger partial charge in [0.15, 0.2) is 0 Å². The molecule has 1 aromatic heterocycles. The number of methoxy groups -OCH3 is 2. The molecule has 0 aliphatic carbocycles. The molecule has 1 heterocycles. The normalized spacial score (nSPS) is 12.2. The summed E-state index contributed by atoms with van der Waals surface area (Å²) < 4.78 is 14.7. The van der Waals surface area contributed by atoms with Gasteiger partial charge in [-0.15, -0.1) is 5.10 Å². The van der Waals surface area contributed by atoms with Crippen LogP contribution in [0.3, 0.4) is 0 Å². The maximum absolute atomic E-state index is 5.41. The molecule has 1 atom stereocenters. The maximum atomic E-state index is 5.41. The highest BCUT2D eigenvalue weighted by Crippen LogP contribution is 2.37. The highest BCUT2D eigenvalue weighted by atomic mass is 32.1. The molecule has 0 fully saturated rings. The van der Waals surface area contributed by atoms with Gasteiger partial charge in [-0.05, 0) is 30.7 Å². The number of hydrogen-bond acceptors (Lipinski definition) is 6. The van der Waals surface area contributed by atoms with E-state index >= 15 is 0 Å². The van der Waals surface area contributed by atoms with Crippen molar-refractivity contribution in [1.29, 1.82) is 0 Å². The Labute approximate surface area is 110 Å². The Balaban J connectivity index is 2.53. The van der Waals surface area contributed by atoms with Crippen LogP contribution in [0.25, 0.3) is 0 Å². The lowest BCUT2D eigenvalue weighted by Crippen LogP contribution is -2.18. The first-order valence-corrected chi connectivity index (χ1v) is 6.24. The van der Waals surface area contributed by atoms with Gasteiger partial charge < -0.3 is 14.8 Å². The molecule has 1 aromatic carbocycles. The molecule has 2 rings (SSSR count). The van der Waals surface area contributed by atoms with E-state index in [-0.39, 0.29) is 6.04 Å². The molecule has 0 spiro atoms. The average molecular weight is 265 g/mol. The largest absolute Gasteiger partial charge is 0.496 e. The predicted octanol–water partition coefficient (Wildman–Crippen LogP) is 1.86. The van der Waals surface area contributed by atoms with Crippen molar-refractivity contribution in [3.8, 4) is 11.5 Å². The van der Waals surface area contributed by atoms with Crippen molar-refractivity contribution < 1.29 is 9.47 Å². The number of benzene rings is 1. The molecule has 0 saturated heterocycles. The van der Waals surface area contributed by atoms with Gasteiger partial charge in [-0.1, -0.05) is 10.6 Å². The zero-order chi connectivity index (χ0) is 13.0. The first kappa shape index (κ1) is 12.8. The third kappa shape index (κ3) is 2.30. The minimum atomic E-state index is -0.0453. The molecular formula is C12H15N3O2S. The van der Waals surface area contributed by atoms with Crippen LogP contribution in [0.4, 0.5) is 0 Å². The van der Waals surface area contributed by atoms with Gasteiger partial charge >= 0.3 is 0 Å². The Hall–Kier alpha value is -1.66. The third-order valence-electron chi connectivity index (χ3n) is 2.71. The summed E-state index contributed by atoms with van der Waals surface area (Å²) in [4.78, 5) is 1.01. The summed E-state index contributed by atoms with van der Waals surface area (Å²) in [6.07, 6.45) is 1.75. The predicted molar refractivity (Wildman–Crippen MR) is 70.4 cm³/mol. The Morgan fingerprint density at radius 3 is 2.33 bits per heavy atom. The van der Waals surface area contributed by atoms with Gasteiger partial charge in [0.25, 0.3) is 0 Å². The summed E-state index contributed by atoms with van der Waals surface area (Å²) >= 11 is 1.35. The summed E-state index contributed by atoms with van der Waals surface area (Å²) in [5.41, 5.74) is 0.955. The molecule has 0 aliphatic heterocycles. The molecule has 1 N–H and O–H groups in total. The number of ether oxygens (including phenoxy) is 2. The molecule has 6 heteroatoms. The maximum Gasteiger partial charge on any atom is 0.127 e. The molecule has 0 bridgehead atoms. The van der Waals surface area contributed by atoms with Crippen LogP contribution in [0.2, 0.25) is 0 Å². The minimum absolute atomic E-state index is 0.0453. The lowest BCUT2D eigenvalue weighted by molar-refractivity contribution is 0.379. The van der Waals surface area contributed by atoms with Gasteiger partial charge in [0.05, 0.1) is 36.9 Å². The Morgan fingerprint density at radius 2 is 1.89 bits per heavy atom. The fraction of sp³-hybridized carbons (Fsp3) is 0.333. The Kier molecular flexibility index (Phi) is 4.11. The molecule has 2 aromatic rings. The number of rotatable bonds is 5.